The summed E-state index contributed by atoms with van der Waals surface area (Å²) >= 11 is 14.2. The number of amides is 1. The second-order valence-corrected chi connectivity index (χ2v) is 10.8. The van der Waals surface area contributed by atoms with Crippen molar-refractivity contribution in [2.75, 3.05) is 20.1 Å². The molecule has 188 valence electrons. The van der Waals surface area contributed by atoms with Gasteiger partial charge < -0.3 is 20.1 Å². The molecule has 36 heavy (non-hydrogen) atoms. The summed E-state index contributed by atoms with van der Waals surface area (Å²) in [5.74, 6) is 0.458. The Morgan fingerprint density at radius 1 is 1.17 bits per heavy atom. The molecule has 0 bridgehead atoms. The Bertz CT molecular complexity index is 1410. The number of imidazole rings is 1. The average Bonchev–Trinajstić information content (AvgIpc) is 3.45. The maximum absolute atomic E-state index is 12.3. The monoisotopic (exact) mass is 544 g/mol. The number of carbonyl (C=O) groups is 1. The van der Waals surface area contributed by atoms with Crippen molar-refractivity contribution in [3.8, 4) is 16.5 Å². The predicted molar refractivity (Wildman–Crippen MR) is 144 cm³/mol. The van der Waals surface area contributed by atoms with Crippen LogP contribution in [-0.4, -0.2) is 46.6 Å². The van der Waals surface area contributed by atoms with Crippen molar-refractivity contribution in [2.45, 2.75) is 32.0 Å². The third kappa shape index (κ3) is 5.04. The largest absolute Gasteiger partial charge is 0.489 e. The minimum absolute atomic E-state index is 0.129. The molecule has 1 atom stereocenters. The Morgan fingerprint density at radius 2 is 1.94 bits per heavy atom. The molecule has 2 N–H and O–H groups in total. The molecule has 2 aromatic carbocycles. The predicted octanol–water partition coefficient (Wildman–Crippen LogP) is 6.11. The average molecular weight is 545 g/mol. The molecule has 0 saturated carbocycles. The van der Waals surface area contributed by atoms with E-state index in [1.165, 1.54) is 11.3 Å². The van der Waals surface area contributed by atoms with Crippen LogP contribution in [0.15, 0.2) is 48.8 Å². The number of piperidine rings is 1. The van der Waals surface area contributed by atoms with Crippen LogP contribution in [0.5, 0.6) is 11.5 Å². The molecule has 10 heteroatoms. The first-order chi connectivity index (χ1) is 17.3. The Morgan fingerprint density at radius 3 is 2.69 bits per heavy atom. The lowest BCUT2D eigenvalue weighted by Crippen LogP contribution is -2.35. The van der Waals surface area contributed by atoms with Gasteiger partial charge in [0.1, 0.15) is 39.9 Å². The molecular formula is C26H26Cl2N4O3S. The molecule has 1 unspecified atom stereocenters. The van der Waals surface area contributed by atoms with Gasteiger partial charge in [0.2, 0.25) is 0 Å². The van der Waals surface area contributed by atoms with Crippen molar-refractivity contribution in [2.24, 2.45) is 5.73 Å². The highest BCUT2D eigenvalue weighted by Gasteiger charge is 2.24. The molecule has 0 aliphatic carbocycles. The summed E-state index contributed by atoms with van der Waals surface area (Å²) < 4.78 is 14.3. The van der Waals surface area contributed by atoms with Gasteiger partial charge in [0.15, 0.2) is 0 Å². The lowest BCUT2D eigenvalue weighted by molar-refractivity contribution is 0.0998. The van der Waals surface area contributed by atoms with E-state index in [0.717, 1.165) is 47.5 Å². The molecule has 1 saturated heterocycles. The number of halogens is 2. The molecule has 1 amide bonds. The first-order valence-corrected chi connectivity index (χ1v) is 13.2. The maximum Gasteiger partial charge on any atom is 0.262 e. The zero-order chi connectivity index (χ0) is 25.4. The summed E-state index contributed by atoms with van der Waals surface area (Å²) in [6.07, 6.45) is 3.27. The number of hydrogen-bond donors (Lipinski definition) is 1. The van der Waals surface area contributed by atoms with Gasteiger partial charge in [-0.05, 0) is 51.1 Å². The number of hydrogen-bond acceptors (Lipinski definition) is 6. The lowest BCUT2D eigenvalue weighted by atomic mass is 10.1. The van der Waals surface area contributed by atoms with Crippen LogP contribution in [-0.2, 0) is 0 Å². The lowest BCUT2D eigenvalue weighted by Gasteiger charge is -2.30. The Labute approximate surface area is 223 Å². The zero-order valence-corrected chi connectivity index (χ0v) is 22.2. The standard InChI is InChI=1S/C26H26Cl2N4O3S/c1-15(18-4-3-5-21(24(18)28)35-17-8-10-31(2)11-9-17)34-22-13-23(36-25(22)26(29)33)32-14-30-19-7-6-16(27)12-20(19)32/h3-7,12-15,17H,8-11H2,1-2H3,(H2,29,33). The highest BCUT2D eigenvalue weighted by Crippen LogP contribution is 2.39. The normalized spacial score (nSPS) is 15.8. The summed E-state index contributed by atoms with van der Waals surface area (Å²) in [6.45, 7) is 3.88. The quantitative estimate of drug-likeness (QED) is 0.303. The number of likely N-dealkylation sites (tertiary alicyclic amines) is 1. The fourth-order valence-corrected chi connectivity index (χ4v) is 5.78. The number of carbonyl (C=O) groups excluding carboxylic acids is 1. The second kappa shape index (κ2) is 10.3. The topological polar surface area (TPSA) is 82.6 Å². The Hall–Kier alpha value is -2.78. The molecule has 1 aliphatic rings. The zero-order valence-electron chi connectivity index (χ0n) is 19.9. The van der Waals surface area contributed by atoms with E-state index in [0.29, 0.717) is 26.4 Å². The minimum Gasteiger partial charge on any atom is -0.489 e. The number of aromatic nitrogens is 2. The highest BCUT2D eigenvalue weighted by molar-refractivity contribution is 7.16. The number of primary amides is 1. The third-order valence-corrected chi connectivity index (χ3v) is 8.12. The molecule has 3 heterocycles. The summed E-state index contributed by atoms with van der Waals surface area (Å²) in [4.78, 5) is 19.3. The van der Waals surface area contributed by atoms with E-state index in [2.05, 4.69) is 16.9 Å². The van der Waals surface area contributed by atoms with Crippen molar-refractivity contribution in [3.05, 3.63) is 69.3 Å². The SMILES string of the molecule is CC(Oc1cc(-n2cnc3ccc(Cl)cc32)sc1C(N)=O)c1cccc(OC2CCN(C)CC2)c1Cl. The molecular weight excluding hydrogens is 519 g/mol. The van der Waals surface area contributed by atoms with Crippen molar-refractivity contribution >= 4 is 51.5 Å². The van der Waals surface area contributed by atoms with Gasteiger partial charge in [-0.2, -0.15) is 0 Å². The summed E-state index contributed by atoms with van der Waals surface area (Å²) in [5, 5.41) is 1.84. The molecule has 4 aromatic rings. The molecule has 2 aromatic heterocycles. The summed E-state index contributed by atoms with van der Waals surface area (Å²) in [6, 6.07) is 12.9. The van der Waals surface area contributed by atoms with E-state index in [1.54, 1.807) is 18.5 Å². The molecule has 5 rings (SSSR count). The number of benzene rings is 2. The Balaban J connectivity index is 1.41. The summed E-state index contributed by atoms with van der Waals surface area (Å²) in [5.41, 5.74) is 8.07. The van der Waals surface area contributed by atoms with Crippen LogP contribution in [0.1, 0.15) is 41.1 Å². The smallest absolute Gasteiger partial charge is 0.262 e. The van der Waals surface area contributed by atoms with Gasteiger partial charge in [0.05, 0.1) is 16.1 Å². The van der Waals surface area contributed by atoms with Crippen LogP contribution >= 0.6 is 34.5 Å². The molecule has 7 nitrogen and oxygen atoms in total. The van der Waals surface area contributed by atoms with E-state index in [-0.39, 0.29) is 6.10 Å². The first-order valence-electron chi connectivity index (χ1n) is 11.7. The minimum atomic E-state index is -0.568. The molecule has 0 radical (unpaired) electrons. The van der Waals surface area contributed by atoms with Gasteiger partial charge in [0, 0.05) is 29.7 Å². The van der Waals surface area contributed by atoms with E-state index in [9.17, 15) is 4.79 Å². The number of nitrogens with two attached hydrogens (primary N) is 1. The van der Waals surface area contributed by atoms with Crippen LogP contribution in [0.4, 0.5) is 0 Å². The van der Waals surface area contributed by atoms with E-state index >= 15 is 0 Å². The molecule has 1 fully saturated rings. The molecule has 0 spiro atoms. The Kier molecular flexibility index (Phi) is 7.12. The van der Waals surface area contributed by atoms with Crippen LogP contribution in [0.3, 0.4) is 0 Å². The van der Waals surface area contributed by atoms with Gasteiger partial charge in [-0.25, -0.2) is 4.98 Å². The van der Waals surface area contributed by atoms with Crippen molar-refractivity contribution < 1.29 is 14.3 Å². The molecule has 1 aliphatic heterocycles. The van der Waals surface area contributed by atoms with Crippen LogP contribution in [0.2, 0.25) is 10.0 Å². The number of ether oxygens (including phenoxy) is 2. The van der Waals surface area contributed by atoms with Crippen LogP contribution < -0.4 is 15.2 Å². The fourth-order valence-electron chi connectivity index (χ4n) is 4.37. The van der Waals surface area contributed by atoms with Crippen molar-refractivity contribution in [1.82, 2.24) is 14.5 Å². The third-order valence-electron chi connectivity index (χ3n) is 6.35. The number of thiophene rings is 1. The number of nitrogens with zero attached hydrogens (tertiary/aromatic N) is 3. The maximum atomic E-state index is 12.3. The van der Waals surface area contributed by atoms with Gasteiger partial charge in [-0.15, -0.1) is 11.3 Å². The van der Waals surface area contributed by atoms with Gasteiger partial charge in [-0.1, -0.05) is 35.3 Å². The van der Waals surface area contributed by atoms with Gasteiger partial charge in [-0.3, -0.25) is 9.36 Å². The van der Waals surface area contributed by atoms with Gasteiger partial charge >= 0.3 is 0 Å². The number of rotatable bonds is 7. The summed E-state index contributed by atoms with van der Waals surface area (Å²) in [7, 11) is 2.11. The first kappa shape index (κ1) is 24.9. The van der Waals surface area contributed by atoms with Crippen molar-refractivity contribution in [3.63, 3.8) is 0 Å². The van der Waals surface area contributed by atoms with Gasteiger partial charge in [0.25, 0.3) is 5.91 Å². The van der Waals surface area contributed by atoms with E-state index < -0.39 is 12.0 Å². The highest BCUT2D eigenvalue weighted by atomic mass is 35.5. The van der Waals surface area contributed by atoms with Crippen LogP contribution in [0.25, 0.3) is 16.0 Å². The second-order valence-electron chi connectivity index (χ2n) is 8.93. The van der Waals surface area contributed by atoms with E-state index in [4.69, 9.17) is 38.4 Å². The van der Waals surface area contributed by atoms with E-state index in [1.807, 2.05) is 41.8 Å². The van der Waals surface area contributed by atoms with Crippen LogP contribution in [0, 0.1) is 0 Å². The number of fused-ring (bicyclic) bond motifs is 1. The fraction of sp³-hybridized carbons (Fsp3) is 0.308. The van der Waals surface area contributed by atoms with Crippen molar-refractivity contribution in [1.29, 1.82) is 0 Å².